The molecule has 1 amide bonds. The lowest BCUT2D eigenvalue weighted by molar-refractivity contribution is -0.118. The van der Waals surface area contributed by atoms with E-state index < -0.39 is 0 Å². The second kappa shape index (κ2) is 5.65. The van der Waals surface area contributed by atoms with Crippen molar-refractivity contribution in [2.24, 2.45) is 0 Å². The number of carbonyl (C=O) groups is 1. The third-order valence-electron chi connectivity index (χ3n) is 2.72. The number of benzene rings is 1. The van der Waals surface area contributed by atoms with Gasteiger partial charge in [-0.25, -0.2) is 9.37 Å². The minimum atomic E-state index is -0.294. The molecule has 0 aliphatic rings. The third-order valence-corrected chi connectivity index (χ3v) is 2.72. The molecule has 1 heterocycles. The number of oxazole rings is 1. The molecule has 5 heteroatoms. The van der Waals surface area contributed by atoms with Gasteiger partial charge in [-0.1, -0.05) is 0 Å². The summed E-state index contributed by atoms with van der Waals surface area (Å²) in [5.41, 5.74) is 1.53. The van der Waals surface area contributed by atoms with Crippen molar-refractivity contribution in [2.75, 3.05) is 6.54 Å². The van der Waals surface area contributed by atoms with E-state index in [0.29, 0.717) is 24.6 Å². The van der Waals surface area contributed by atoms with Crippen LogP contribution in [0.3, 0.4) is 0 Å². The summed E-state index contributed by atoms with van der Waals surface area (Å²) >= 11 is 0. The Morgan fingerprint density at radius 2 is 2.05 bits per heavy atom. The summed E-state index contributed by atoms with van der Waals surface area (Å²) in [6.07, 6.45) is 0.607. The lowest BCUT2D eigenvalue weighted by atomic mass is 10.2. The standard InChI is InChI=1S/C14H15FN2O2/c1-9-13(7-8-16-10(2)18)17-14(19-9)11-3-5-12(15)6-4-11/h3-6H,7-8H2,1-2H3,(H,16,18). The van der Waals surface area contributed by atoms with Crippen molar-refractivity contribution in [3.05, 3.63) is 41.5 Å². The second-order valence-corrected chi connectivity index (χ2v) is 4.26. The molecule has 0 aliphatic carbocycles. The van der Waals surface area contributed by atoms with Gasteiger partial charge in [-0.2, -0.15) is 0 Å². The number of aryl methyl sites for hydroxylation is 1. The Morgan fingerprint density at radius 3 is 2.68 bits per heavy atom. The quantitative estimate of drug-likeness (QED) is 0.920. The third kappa shape index (κ3) is 3.40. The molecule has 0 atom stereocenters. The van der Waals surface area contributed by atoms with Gasteiger partial charge in [0, 0.05) is 25.5 Å². The molecule has 1 aromatic carbocycles. The highest BCUT2D eigenvalue weighted by molar-refractivity contribution is 5.72. The molecule has 0 spiro atoms. The van der Waals surface area contributed by atoms with E-state index in [1.54, 1.807) is 12.1 Å². The Kier molecular flexibility index (Phi) is 3.94. The van der Waals surface area contributed by atoms with E-state index in [0.717, 1.165) is 11.3 Å². The van der Waals surface area contributed by atoms with E-state index in [9.17, 15) is 9.18 Å². The first-order valence-electron chi connectivity index (χ1n) is 6.03. The number of carbonyl (C=O) groups excluding carboxylic acids is 1. The molecule has 0 bridgehead atoms. The van der Waals surface area contributed by atoms with E-state index >= 15 is 0 Å². The average molecular weight is 262 g/mol. The van der Waals surface area contributed by atoms with Gasteiger partial charge in [0.15, 0.2) is 0 Å². The second-order valence-electron chi connectivity index (χ2n) is 4.26. The van der Waals surface area contributed by atoms with Crippen LogP contribution in [0.5, 0.6) is 0 Å². The van der Waals surface area contributed by atoms with Crippen molar-refractivity contribution in [1.29, 1.82) is 0 Å². The Bertz CT molecular complexity index is 576. The zero-order chi connectivity index (χ0) is 13.8. The molecule has 100 valence electrons. The molecule has 0 saturated heterocycles. The highest BCUT2D eigenvalue weighted by atomic mass is 19.1. The van der Waals surface area contributed by atoms with Crippen LogP contribution in [-0.4, -0.2) is 17.4 Å². The maximum absolute atomic E-state index is 12.8. The minimum Gasteiger partial charge on any atom is -0.441 e. The van der Waals surface area contributed by atoms with E-state index in [-0.39, 0.29) is 11.7 Å². The van der Waals surface area contributed by atoms with Gasteiger partial charge < -0.3 is 9.73 Å². The Balaban J connectivity index is 2.12. The molecule has 0 aliphatic heterocycles. The zero-order valence-electron chi connectivity index (χ0n) is 10.9. The van der Waals surface area contributed by atoms with Gasteiger partial charge in [-0.3, -0.25) is 4.79 Å². The predicted molar refractivity (Wildman–Crippen MR) is 69.0 cm³/mol. The number of nitrogens with zero attached hydrogens (tertiary/aromatic N) is 1. The SMILES string of the molecule is CC(=O)NCCc1nc(-c2ccc(F)cc2)oc1C. The fourth-order valence-corrected chi connectivity index (χ4v) is 1.73. The van der Waals surface area contributed by atoms with E-state index in [1.807, 2.05) is 6.92 Å². The smallest absolute Gasteiger partial charge is 0.226 e. The van der Waals surface area contributed by atoms with Gasteiger partial charge in [0.2, 0.25) is 11.8 Å². The lowest BCUT2D eigenvalue weighted by Crippen LogP contribution is -2.22. The number of rotatable bonds is 4. The topological polar surface area (TPSA) is 55.1 Å². The largest absolute Gasteiger partial charge is 0.441 e. The number of halogens is 1. The Morgan fingerprint density at radius 1 is 1.37 bits per heavy atom. The summed E-state index contributed by atoms with van der Waals surface area (Å²) in [6.45, 7) is 3.81. The first-order valence-corrected chi connectivity index (χ1v) is 6.03. The molecule has 0 radical (unpaired) electrons. The van der Waals surface area contributed by atoms with Crippen molar-refractivity contribution in [3.8, 4) is 11.5 Å². The van der Waals surface area contributed by atoms with Crippen LogP contribution in [-0.2, 0) is 11.2 Å². The summed E-state index contributed by atoms with van der Waals surface area (Å²) in [7, 11) is 0. The number of aromatic nitrogens is 1. The Labute approximate surface area is 110 Å². The predicted octanol–water partition coefficient (Wildman–Crippen LogP) is 2.47. The summed E-state index contributed by atoms with van der Waals surface area (Å²) < 4.78 is 18.4. The van der Waals surface area contributed by atoms with Crippen molar-refractivity contribution in [1.82, 2.24) is 10.3 Å². The first kappa shape index (κ1) is 13.3. The van der Waals surface area contributed by atoms with Crippen molar-refractivity contribution in [3.63, 3.8) is 0 Å². The molecule has 0 fully saturated rings. The van der Waals surface area contributed by atoms with Crippen LogP contribution in [0.1, 0.15) is 18.4 Å². The summed E-state index contributed by atoms with van der Waals surface area (Å²) in [5, 5.41) is 2.71. The van der Waals surface area contributed by atoms with Crippen LogP contribution >= 0.6 is 0 Å². The van der Waals surface area contributed by atoms with Gasteiger partial charge in [-0.15, -0.1) is 0 Å². The molecule has 4 nitrogen and oxygen atoms in total. The number of hydrogen-bond donors (Lipinski definition) is 1. The van der Waals surface area contributed by atoms with Crippen molar-refractivity contribution in [2.45, 2.75) is 20.3 Å². The van der Waals surface area contributed by atoms with Crippen LogP contribution in [0.2, 0.25) is 0 Å². The Hall–Kier alpha value is -2.17. The van der Waals surface area contributed by atoms with Crippen molar-refractivity contribution >= 4 is 5.91 Å². The monoisotopic (exact) mass is 262 g/mol. The fraction of sp³-hybridized carbons (Fsp3) is 0.286. The highest BCUT2D eigenvalue weighted by Crippen LogP contribution is 2.22. The number of amides is 1. The van der Waals surface area contributed by atoms with Crippen LogP contribution in [0.4, 0.5) is 4.39 Å². The van der Waals surface area contributed by atoms with E-state index in [2.05, 4.69) is 10.3 Å². The molecule has 19 heavy (non-hydrogen) atoms. The maximum Gasteiger partial charge on any atom is 0.226 e. The van der Waals surface area contributed by atoms with Gasteiger partial charge >= 0.3 is 0 Å². The van der Waals surface area contributed by atoms with Crippen LogP contribution in [0.25, 0.3) is 11.5 Å². The summed E-state index contributed by atoms with van der Waals surface area (Å²) in [4.78, 5) is 15.2. The van der Waals surface area contributed by atoms with E-state index in [4.69, 9.17) is 4.42 Å². The fourth-order valence-electron chi connectivity index (χ4n) is 1.73. The van der Waals surface area contributed by atoms with Gasteiger partial charge in [0.1, 0.15) is 11.6 Å². The van der Waals surface area contributed by atoms with Crippen LogP contribution in [0, 0.1) is 12.7 Å². The van der Waals surface area contributed by atoms with E-state index in [1.165, 1.54) is 19.1 Å². The van der Waals surface area contributed by atoms with Crippen LogP contribution in [0.15, 0.2) is 28.7 Å². The maximum atomic E-state index is 12.8. The first-order chi connectivity index (χ1) is 9.06. The molecule has 1 aromatic heterocycles. The molecule has 2 aromatic rings. The van der Waals surface area contributed by atoms with Gasteiger partial charge in [0.25, 0.3) is 0 Å². The highest BCUT2D eigenvalue weighted by Gasteiger charge is 2.11. The van der Waals surface area contributed by atoms with Crippen molar-refractivity contribution < 1.29 is 13.6 Å². The van der Waals surface area contributed by atoms with Crippen LogP contribution < -0.4 is 5.32 Å². The van der Waals surface area contributed by atoms with Gasteiger partial charge in [-0.05, 0) is 31.2 Å². The number of hydrogen-bond acceptors (Lipinski definition) is 3. The molecule has 0 unspecified atom stereocenters. The average Bonchev–Trinajstić information content (AvgIpc) is 2.71. The summed E-state index contributed by atoms with van der Waals surface area (Å²) in [6, 6.07) is 5.98. The zero-order valence-corrected chi connectivity index (χ0v) is 10.9. The number of nitrogens with one attached hydrogen (secondary N) is 1. The minimum absolute atomic E-state index is 0.0695. The molecular formula is C14H15FN2O2. The normalized spacial score (nSPS) is 10.5. The summed E-state index contributed by atoms with van der Waals surface area (Å²) in [5.74, 6) is 0.817. The van der Waals surface area contributed by atoms with Gasteiger partial charge in [0.05, 0.1) is 5.69 Å². The molecular weight excluding hydrogens is 247 g/mol. The molecule has 2 rings (SSSR count). The molecule has 0 saturated carbocycles. The lowest BCUT2D eigenvalue weighted by Gasteiger charge is -1.98. The molecule has 1 N–H and O–H groups in total.